The predicted octanol–water partition coefficient (Wildman–Crippen LogP) is 3.57. The van der Waals surface area contributed by atoms with Crippen LogP contribution in [-0.4, -0.2) is 4.98 Å². The molecule has 0 bridgehead atoms. The Morgan fingerprint density at radius 1 is 1.32 bits per heavy atom. The molecule has 0 spiro atoms. The van der Waals surface area contributed by atoms with Gasteiger partial charge in [0.1, 0.15) is 11.8 Å². The van der Waals surface area contributed by atoms with Gasteiger partial charge in [0.15, 0.2) is 0 Å². The van der Waals surface area contributed by atoms with Crippen molar-refractivity contribution in [1.82, 2.24) is 10.3 Å². The predicted molar refractivity (Wildman–Crippen MR) is 78.3 cm³/mol. The number of benzene rings is 1. The molecule has 1 heterocycles. The molecule has 2 aromatic rings. The second-order valence-corrected chi connectivity index (χ2v) is 5.19. The van der Waals surface area contributed by atoms with Crippen LogP contribution in [0.15, 0.2) is 47.1 Å². The van der Waals surface area contributed by atoms with Crippen molar-refractivity contribution < 1.29 is 0 Å². The van der Waals surface area contributed by atoms with E-state index in [1.165, 1.54) is 5.56 Å². The molecular weight excluding hydrogens is 302 g/mol. The summed E-state index contributed by atoms with van der Waals surface area (Å²) in [5, 5.41) is 12.4. The van der Waals surface area contributed by atoms with Crippen LogP contribution in [0.25, 0.3) is 0 Å². The summed E-state index contributed by atoms with van der Waals surface area (Å²) in [5.41, 5.74) is 2.62. The van der Waals surface area contributed by atoms with E-state index in [0.29, 0.717) is 12.2 Å². The number of nitriles is 1. The monoisotopic (exact) mass is 315 g/mol. The lowest BCUT2D eigenvalue weighted by molar-refractivity contribution is 0.573. The van der Waals surface area contributed by atoms with Gasteiger partial charge in [-0.25, -0.2) is 4.98 Å². The van der Waals surface area contributed by atoms with Crippen molar-refractivity contribution in [3.05, 3.63) is 63.9 Å². The lowest BCUT2D eigenvalue weighted by Crippen LogP contribution is -2.18. The van der Waals surface area contributed by atoms with Crippen LogP contribution in [-0.2, 0) is 6.54 Å². The highest BCUT2D eigenvalue weighted by Crippen LogP contribution is 2.17. The molecule has 0 radical (unpaired) electrons. The van der Waals surface area contributed by atoms with E-state index in [-0.39, 0.29) is 6.04 Å². The maximum Gasteiger partial charge on any atom is 0.144 e. The second-order valence-electron chi connectivity index (χ2n) is 4.28. The molecule has 0 saturated heterocycles. The fourth-order valence-electron chi connectivity index (χ4n) is 1.81. The molecule has 1 N–H and O–H groups in total. The van der Waals surface area contributed by atoms with Crippen LogP contribution < -0.4 is 5.32 Å². The molecule has 1 aromatic carbocycles. The third-order valence-corrected chi connectivity index (χ3v) is 3.49. The summed E-state index contributed by atoms with van der Waals surface area (Å²) < 4.78 is 1.07. The summed E-state index contributed by atoms with van der Waals surface area (Å²) >= 11 is 3.42. The highest BCUT2D eigenvalue weighted by atomic mass is 79.9. The maximum atomic E-state index is 8.99. The first-order chi connectivity index (χ1) is 9.20. The highest BCUT2D eigenvalue weighted by Gasteiger charge is 2.07. The fourth-order valence-corrected chi connectivity index (χ4v) is 2.08. The van der Waals surface area contributed by atoms with Crippen LogP contribution in [0.2, 0.25) is 0 Å². The van der Waals surface area contributed by atoms with Crippen molar-refractivity contribution in [1.29, 1.82) is 5.26 Å². The normalized spacial score (nSPS) is 11.8. The second kappa shape index (κ2) is 6.46. The van der Waals surface area contributed by atoms with Crippen LogP contribution in [0.1, 0.15) is 29.8 Å². The number of hydrogen-bond acceptors (Lipinski definition) is 3. The van der Waals surface area contributed by atoms with Gasteiger partial charge < -0.3 is 5.32 Å². The molecule has 0 saturated carbocycles. The molecule has 4 heteroatoms. The Morgan fingerprint density at radius 2 is 2.05 bits per heavy atom. The number of hydrogen-bond donors (Lipinski definition) is 1. The molecule has 0 unspecified atom stereocenters. The first-order valence-corrected chi connectivity index (χ1v) is 6.83. The van der Waals surface area contributed by atoms with Gasteiger partial charge in [0.2, 0.25) is 0 Å². The quantitative estimate of drug-likeness (QED) is 0.938. The van der Waals surface area contributed by atoms with Gasteiger partial charge in [0.25, 0.3) is 0 Å². The van der Waals surface area contributed by atoms with Crippen LogP contribution in [0.3, 0.4) is 0 Å². The summed E-state index contributed by atoms with van der Waals surface area (Å²) in [6.07, 6.45) is 1.64. The molecule has 1 atom stereocenters. The molecule has 0 fully saturated rings. The van der Waals surface area contributed by atoms with Crippen molar-refractivity contribution in [3.8, 4) is 6.07 Å². The van der Waals surface area contributed by atoms with E-state index in [0.717, 1.165) is 10.0 Å². The smallest absolute Gasteiger partial charge is 0.144 e. The SMILES string of the molecule is C[C@@H](NCc1cccnc1C#N)c1ccc(Br)cc1. The number of nitrogens with one attached hydrogen (secondary N) is 1. The largest absolute Gasteiger partial charge is 0.306 e. The van der Waals surface area contributed by atoms with E-state index < -0.39 is 0 Å². The van der Waals surface area contributed by atoms with Gasteiger partial charge in [-0.05, 0) is 30.7 Å². The minimum Gasteiger partial charge on any atom is -0.306 e. The molecule has 0 amide bonds. The summed E-state index contributed by atoms with van der Waals surface area (Å²) in [5.74, 6) is 0. The van der Waals surface area contributed by atoms with Crippen LogP contribution in [0.4, 0.5) is 0 Å². The summed E-state index contributed by atoms with van der Waals surface area (Å²) in [6.45, 7) is 2.74. The van der Waals surface area contributed by atoms with Crippen molar-refractivity contribution in [2.24, 2.45) is 0 Å². The molecule has 96 valence electrons. The summed E-state index contributed by atoms with van der Waals surface area (Å²) in [4.78, 5) is 4.05. The number of pyridine rings is 1. The minimum atomic E-state index is 0.222. The van der Waals surface area contributed by atoms with Crippen molar-refractivity contribution in [2.45, 2.75) is 19.5 Å². The third-order valence-electron chi connectivity index (χ3n) is 2.97. The van der Waals surface area contributed by atoms with Gasteiger partial charge in [-0.3, -0.25) is 0 Å². The van der Waals surface area contributed by atoms with Crippen LogP contribution in [0, 0.1) is 11.3 Å². The molecule has 0 aliphatic rings. The Hall–Kier alpha value is -1.70. The Balaban J connectivity index is 2.02. The van der Waals surface area contributed by atoms with E-state index in [9.17, 15) is 0 Å². The number of nitrogens with zero attached hydrogens (tertiary/aromatic N) is 2. The highest BCUT2D eigenvalue weighted by molar-refractivity contribution is 9.10. The van der Waals surface area contributed by atoms with Gasteiger partial charge in [-0.15, -0.1) is 0 Å². The topological polar surface area (TPSA) is 48.7 Å². The number of aromatic nitrogens is 1. The molecule has 19 heavy (non-hydrogen) atoms. The average Bonchev–Trinajstić information content (AvgIpc) is 2.45. The Morgan fingerprint density at radius 3 is 2.74 bits per heavy atom. The van der Waals surface area contributed by atoms with E-state index in [1.807, 2.05) is 24.3 Å². The van der Waals surface area contributed by atoms with Crippen molar-refractivity contribution >= 4 is 15.9 Å². The molecule has 0 aliphatic carbocycles. The lowest BCUT2D eigenvalue weighted by Gasteiger charge is -2.14. The van der Waals surface area contributed by atoms with Gasteiger partial charge >= 0.3 is 0 Å². The first-order valence-electron chi connectivity index (χ1n) is 6.03. The van der Waals surface area contributed by atoms with Gasteiger partial charge in [0.05, 0.1) is 0 Å². The zero-order chi connectivity index (χ0) is 13.7. The zero-order valence-electron chi connectivity index (χ0n) is 10.6. The zero-order valence-corrected chi connectivity index (χ0v) is 12.2. The van der Waals surface area contributed by atoms with Gasteiger partial charge in [0, 0.05) is 28.8 Å². The maximum absolute atomic E-state index is 8.99. The molecule has 0 aliphatic heterocycles. The Kier molecular flexibility index (Phi) is 4.67. The lowest BCUT2D eigenvalue weighted by atomic mass is 10.1. The van der Waals surface area contributed by atoms with Crippen LogP contribution >= 0.6 is 15.9 Å². The van der Waals surface area contributed by atoms with Gasteiger partial charge in [-0.1, -0.05) is 34.1 Å². The van der Waals surface area contributed by atoms with E-state index in [1.54, 1.807) is 6.20 Å². The van der Waals surface area contributed by atoms with E-state index >= 15 is 0 Å². The summed E-state index contributed by atoms with van der Waals surface area (Å²) in [6, 6.07) is 14.3. The van der Waals surface area contributed by atoms with Crippen molar-refractivity contribution in [2.75, 3.05) is 0 Å². The standard InChI is InChI=1S/C15H14BrN3/c1-11(12-4-6-14(16)7-5-12)19-10-13-3-2-8-18-15(13)9-17/h2-8,11,19H,10H2,1H3/t11-/m1/s1. The van der Waals surface area contributed by atoms with Gasteiger partial charge in [-0.2, -0.15) is 5.26 Å². The first kappa shape index (κ1) is 13.7. The van der Waals surface area contributed by atoms with E-state index in [4.69, 9.17) is 5.26 Å². The average molecular weight is 316 g/mol. The number of rotatable bonds is 4. The summed E-state index contributed by atoms with van der Waals surface area (Å²) in [7, 11) is 0. The molecule has 3 nitrogen and oxygen atoms in total. The molecular formula is C15H14BrN3. The Labute approximate surface area is 121 Å². The van der Waals surface area contributed by atoms with Crippen LogP contribution in [0.5, 0.6) is 0 Å². The third kappa shape index (κ3) is 3.63. The fraction of sp³-hybridized carbons (Fsp3) is 0.200. The number of halogens is 1. The van der Waals surface area contributed by atoms with Crippen molar-refractivity contribution in [3.63, 3.8) is 0 Å². The molecule has 2 rings (SSSR count). The van der Waals surface area contributed by atoms with E-state index in [2.05, 4.69) is 51.4 Å². The molecule has 1 aromatic heterocycles. The Bertz CT molecular complexity index is 587. The minimum absolute atomic E-state index is 0.222.